The Morgan fingerprint density at radius 3 is 2.59 bits per heavy atom. The number of aromatic nitrogens is 6. The lowest BCUT2D eigenvalue weighted by Gasteiger charge is -2.28. The molecule has 0 atom stereocenters. The summed E-state index contributed by atoms with van der Waals surface area (Å²) >= 11 is 0. The van der Waals surface area contributed by atoms with Crippen LogP contribution in [-0.2, 0) is 32.0 Å². The van der Waals surface area contributed by atoms with Gasteiger partial charge >= 0.3 is 0 Å². The Morgan fingerprint density at radius 1 is 1.09 bits per heavy atom. The van der Waals surface area contributed by atoms with Crippen LogP contribution in [0.25, 0.3) is 33.4 Å². The molecule has 8 nitrogen and oxygen atoms in total. The molecule has 4 heterocycles. The van der Waals surface area contributed by atoms with Crippen molar-refractivity contribution >= 4 is 16.8 Å². The molecule has 1 aliphatic carbocycles. The molecule has 3 aromatic heterocycles. The Hall–Kier alpha value is -3.42. The first-order valence-electron chi connectivity index (χ1n) is 11.2. The first-order chi connectivity index (χ1) is 15.4. The number of carbonyl (C=O) groups excluding carboxylic acids is 1. The van der Waals surface area contributed by atoms with Gasteiger partial charge in [0.2, 0.25) is 5.91 Å². The van der Waals surface area contributed by atoms with Gasteiger partial charge in [0.25, 0.3) is 0 Å². The fraction of sp³-hybridized carbons (Fsp3) is 0.417. The fourth-order valence-electron chi connectivity index (χ4n) is 4.99. The molecule has 0 unspecified atom stereocenters. The van der Waals surface area contributed by atoms with Crippen molar-refractivity contribution in [2.75, 3.05) is 6.54 Å². The summed E-state index contributed by atoms with van der Waals surface area (Å²) in [6.07, 6.45) is 4.44. The number of fused-ring (bicyclic) bond motifs is 2. The lowest BCUT2D eigenvalue weighted by Crippen LogP contribution is -2.37. The molecule has 4 aromatic rings. The predicted octanol–water partition coefficient (Wildman–Crippen LogP) is 3.39. The molecule has 0 spiro atoms. The number of benzene rings is 1. The molecule has 1 aromatic carbocycles. The summed E-state index contributed by atoms with van der Waals surface area (Å²) < 4.78 is 6.13. The smallest absolute Gasteiger partial charge is 0.219 e. The number of carbonyl (C=O) groups is 1. The summed E-state index contributed by atoms with van der Waals surface area (Å²) in [5.74, 6) is 1.86. The lowest BCUT2D eigenvalue weighted by molar-refractivity contribution is -0.130. The van der Waals surface area contributed by atoms with Gasteiger partial charge in [-0.2, -0.15) is 10.2 Å². The molecular weight excluding hydrogens is 402 g/mol. The third-order valence-electron chi connectivity index (χ3n) is 6.82. The largest absolute Gasteiger partial charge is 0.335 e. The number of hydrogen-bond donors (Lipinski definition) is 0. The molecule has 32 heavy (non-hydrogen) atoms. The zero-order chi connectivity index (χ0) is 22.1. The molecule has 0 saturated heterocycles. The molecule has 1 fully saturated rings. The summed E-state index contributed by atoms with van der Waals surface area (Å²) in [7, 11) is 3.91. The van der Waals surface area contributed by atoms with Crippen LogP contribution in [0.5, 0.6) is 0 Å². The van der Waals surface area contributed by atoms with Crippen molar-refractivity contribution in [3.8, 4) is 22.5 Å². The van der Waals surface area contributed by atoms with Gasteiger partial charge in [0.05, 0.1) is 29.1 Å². The van der Waals surface area contributed by atoms with Gasteiger partial charge in [-0.25, -0.2) is 4.98 Å². The minimum absolute atomic E-state index is 0.119. The Balaban J connectivity index is 1.53. The van der Waals surface area contributed by atoms with Crippen molar-refractivity contribution in [1.82, 2.24) is 34.0 Å². The number of hydrogen-bond acceptors (Lipinski definition) is 4. The molecule has 1 aliphatic heterocycles. The zero-order valence-corrected chi connectivity index (χ0v) is 19.0. The van der Waals surface area contributed by atoms with Crippen LogP contribution < -0.4 is 0 Å². The van der Waals surface area contributed by atoms with Gasteiger partial charge in [0, 0.05) is 62.7 Å². The number of rotatable bonds is 3. The first kappa shape index (κ1) is 19.3. The van der Waals surface area contributed by atoms with Crippen molar-refractivity contribution in [3.05, 3.63) is 41.6 Å². The Kier molecular flexibility index (Phi) is 4.09. The topological polar surface area (TPSA) is 73.8 Å². The quantitative estimate of drug-likeness (QED) is 0.500. The van der Waals surface area contributed by atoms with Crippen LogP contribution in [0.2, 0.25) is 0 Å². The second-order valence-corrected chi connectivity index (χ2v) is 9.14. The van der Waals surface area contributed by atoms with Gasteiger partial charge in [0.1, 0.15) is 11.5 Å². The fourth-order valence-corrected chi connectivity index (χ4v) is 4.99. The summed E-state index contributed by atoms with van der Waals surface area (Å²) in [6.45, 7) is 5.86. The van der Waals surface area contributed by atoms with Crippen molar-refractivity contribution in [1.29, 1.82) is 0 Å². The highest BCUT2D eigenvalue weighted by molar-refractivity contribution is 5.96. The van der Waals surface area contributed by atoms with E-state index in [-0.39, 0.29) is 5.91 Å². The van der Waals surface area contributed by atoms with Gasteiger partial charge in [0.15, 0.2) is 0 Å². The van der Waals surface area contributed by atoms with E-state index in [1.807, 2.05) is 41.5 Å². The summed E-state index contributed by atoms with van der Waals surface area (Å²) in [4.78, 5) is 19.2. The summed E-state index contributed by atoms with van der Waals surface area (Å²) in [6, 6.07) is 6.47. The molecule has 0 radical (unpaired) electrons. The van der Waals surface area contributed by atoms with Gasteiger partial charge in [-0.15, -0.1) is 0 Å². The Morgan fingerprint density at radius 2 is 1.91 bits per heavy atom. The highest BCUT2D eigenvalue weighted by Crippen LogP contribution is 2.43. The van der Waals surface area contributed by atoms with Crippen LogP contribution in [-0.4, -0.2) is 46.5 Å². The maximum absolute atomic E-state index is 12.1. The standard InChI is InChI=1S/C24H27N7O/c1-14-19(12-28(3)26-14)23-18-11-17(7-8-20(18)29(4)27-23)22-21-13-30(15(2)32)9-10-31(21)24(25-22)16-5-6-16/h7-8,11-12,16H,5-6,9-10,13H2,1-4H3. The van der Waals surface area contributed by atoms with Crippen molar-refractivity contribution in [2.24, 2.45) is 14.1 Å². The highest BCUT2D eigenvalue weighted by atomic mass is 16.2. The molecule has 8 heteroatoms. The molecule has 6 rings (SSSR count). The van der Waals surface area contributed by atoms with Crippen molar-refractivity contribution in [2.45, 2.75) is 45.7 Å². The van der Waals surface area contributed by atoms with E-state index in [1.54, 1.807) is 6.92 Å². The SMILES string of the molecule is CC(=O)N1CCn2c(C3CC3)nc(-c3ccc4c(c3)c(-c3cn(C)nc3C)nn4C)c2C1. The van der Waals surface area contributed by atoms with Crippen LogP contribution in [0.3, 0.4) is 0 Å². The van der Waals surface area contributed by atoms with E-state index >= 15 is 0 Å². The van der Waals surface area contributed by atoms with Crippen molar-refractivity contribution < 1.29 is 4.79 Å². The second kappa shape index (κ2) is 6.79. The first-order valence-corrected chi connectivity index (χ1v) is 11.2. The number of aryl methyl sites for hydroxylation is 3. The molecule has 164 valence electrons. The molecule has 0 N–H and O–H groups in total. The van der Waals surface area contributed by atoms with Crippen molar-refractivity contribution in [3.63, 3.8) is 0 Å². The van der Waals surface area contributed by atoms with E-state index in [0.29, 0.717) is 12.5 Å². The average Bonchev–Trinajstić information content (AvgIpc) is 3.35. The van der Waals surface area contributed by atoms with E-state index in [4.69, 9.17) is 10.1 Å². The van der Waals surface area contributed by atoms with Gasteiger partial charge in [-0.1, -0.05) is 6.07 Å². The van der Waals surface area contributed by atoms with Gasteiger partial charge in [-0.05, 0) is 31.9 Å². The normalized spacial score (nSPS) is 16.1. The summed E-state index contributed by atoms with van der Waals surface area (Å²) in [5.41, 5.74) is 7.25. The highest BCUT2D eigenvalue weighted by Gasteiger charge is 2.34. The lowest BCUT2D eigenvalue weighted by atomic mass is 10.0. The van der Waals surface area contributed by atoms with Crippen LogP contribution in [0, 0.1) is 6.92 Å². The number of amides is 1. The average molecular weight is 430 g/mol. The van der Waals surface area contributed by atoms with E-state index in [0.717, 1.165) is 57.9 Å². The minimum Gasteiger partial charge on any atom is -0.335 e. The molecular formula is C24H27N7O. The van der Waals surface area contributed by atoms with Crippen LogP contribution in [0.1, 0.15) is 42.9 Å². The van der Waals surface area contributed by atoms with Gasteiger partial charge < -0.3 is 9.47 Å². The van der Waals surface area contributed by atoms with E-state index in [2.05, 4.69) is 27.9 Å². The van der Waals surface area contributed by atoms with Crippen LogP contribution in [0.15, 0.2) is 24.4 Å². The van der Waals surface area contributed by atoms with Crippen LogP contribution >= 0.6 is 0 Å². The number of imidazole rings is 1. The zero-order valence-electron chi connectivity index (χ0n) is 19.0. The molecule has 1 saturated carbocycles. The van der Waals surface area contributed by atoms with E-state index < -0.39 is 0 Å². The second-order valence-electron chi connectivity index (χ2n) is 9.14. The molecule has 1 amide bonds. The molecule has 2 aliphatic rings. The maximum Gasteiger partial charge on any atom is 0.219 e. The molecule has 0 bridgehead atoms. The van der Waals surface area contributed by atoms with Gasteiger partial charge in [-0.3, -0.25) is 14.2 Å². The Labute approximate surface area is 186 Å². The summed E-state index contributed by atoms with van der Waals surface area (Å²) in [5, 5.41) is 10.4. The van der Waals surface area contributed by atoms with E-state index in [9.17, 15) is 4.79 Å². The Bertz CT molecular complexity index is 1390. The third-order valence-corrected chi connectivity index (χ3v) is 6.82. The number of nitrogens with zero attached hydrogens (tertiary/aromatic N) is 7. The van der Waals surface area contributed by atoms with E-state index in [1.165, 1.54) is 18.7 Å². The predicted molar refractivity (Wildman–Crippen MR) is 122 cm³/mol. The van der Waals surface area contributed by atoms with Crippen LogP contribution in [0.4, 0.5) is 0 Å². The maximum atomic E-state index is 12.1. The third kappa shape index (κ3) is 2.89. The minimum atomic E-state index is 0.119. The monoisotopic (exact) mass is 429 g/mol.